The molecule has 7 nitrogen and oxygen atoms in total. The number of benzene rings is 1. The zero-order valence-corrected chi connectivity index (χ0v) is 20.3. The second kappa shape index (κ2) is 14.3. The summed E-state index contributed by atoms with van der Waals surface area (Å²) in [5, 5.41) is 15.1. The number of aromatic nitrogens is 3. The van der Waals surface area contributed by atoms with Crippen molar-refractivity contribution in [2.24, 2.45) is 4.99 Å². The molecule has 1 unspecified atom stereocenters. The van der Waals surface area contributed by atoms with Gasteiger partial charge in [-0.25, -0.2) is 0 Å². The first-order valence-electron chi connectivity index (χ1n) is 10.2. The van der Waals surface area contributed by atoms with Crippen molar-refractivity contribution in [2.75, 3.05) is 26.8 Å². The molecule has 0 saturated carbocycles. The maximum absolute atomic E-state index is 5.12. The highest BCUT2D eigenvalue weighted by atomic mass is 127. The number of rotatable bonds is 11. The highest BCUT2D eigenvalue weighted by Crippen LogP contribution is 2.13. The highest BCUT2D eigenvalue weighted by Gasteiger charge is 2.09. The van der Waals surface area contributed by atoms with Gasteiger partial charge < -0.3 is 19.9 Å². The summed E-state index contributed by atoms with van der Waals surface area (Å²) in [5.41, 5.74) is 2.60. The molecule has 29 heavy (non-hydrogen) atoms. The Morgan fingerprint density at radius 3 is 2.62 bits per heavy atom. The molecule has 0 aliphatic rings. The molecule has 1 aromatic carbocycles. The van der Waals surface area contributed by atoms with E-state index in [0.29, 0.717) is 6.61 Å². The number of hydrogen-bond donors (Lipinski definition) is 2. The maximum Gasteiger partial charge on any atom is 0.191 e. The van der Waals surface area contributed by atoms with Crippen LogP contribution in [0.15, 0.2) is 35.6 Å². The number of halogens is 1. The lowest BCUT2D eigenvalue weighted by Crippen LogP contribution is -2.40. The smallest absolute Gasteiger partial charge is 0.191 e. The fourth-order valence-corrected chi connectivity index (χ4v) is 2.92. The van der Waals surface area contributed by atoms with Crippen molar-refractivity contribution in [3.05, 3.63) is 47.5 Å². The Morgan fingerprint density at radius 2 is 1.97 bits per heavy atom. The lowest BCUT2D eigenvalue weighted by molar-refractivity contribution is 0.197. The SMILES string of the molecule is CCc1ccc(C(C)NC(=NCCCOC)NCCn2cnnc2CC)cc1.I. The van der Waals surface area contributed by atoms with Crippen molar-refractivity contribution in [3.8, 4) is 0 Å². The molecule has 0 bridgehead atoms. The van der Waals surface area contributed by atoms with Gasteiger partial charge in [0.15, 0.2) is 5.96 Å². The predicted octanol–water partition coefficient (Wildman–Crippen LogP) is 3.35. The summed E-state index contributed by atoms with van der Waals surface area (Å²) in [6.07, 6.45) is 4.61. The van der Waals surface area contributed by atoms with E-state index in [0.717, 1.165) is 50.7 Å². The zero-order chi connectivity index (χ0) is 20.2. The molecular weight excluding hydrogens is 479 g/mol. The molecule has 0 saturated heterocycles. The third kappa shape index (κ3) is 8.69. The average Bonchev–Trinajstić information content (AvgIpc) is 3.18. The van der Waals surface area contributed by atoms with E-state index < -0.39 is 0 Å². The molecular formula is C21H35IN6O. The molecule has 0 aliphatic heterocycles. The number of aryl methyl sites for hydroxylation is 2. The summed E-state index contributed by atoms with van der Waals surface area (Å²) in [6, 6.07) is 8.91. The zero-order valence-electron chi connectivity index (χ0n) is 18.0. The van der Waals surface area contributed by atoms with E-state index >= 15 is 0 Å². The first-order valence-corrected chi connectivity index (χ1v) is 10.2. The number of aliphatic imine (C=N–C) groups is 1. The minimum Gasteiger partial charge on any atom is -0.385 e. The number of ether oxygens (including phenoxy) is 1. The van der Waals surface area contributed by atoms with Crippen LogP contribution in [0, 0.1) is 0 Å². The molecule has 1 heterocycles. The Labute approximate surface area is 191 Å². The number of guanidine groups is 1. The fraction of sp³-hybridized carbons (Fsp3) is 0.571. The molecule has 8 heteroatoms. The third-order valence-electron chi connectivity index (χ3n) is 4.67. The predicted molar refractivity (Wildman–Crippen MR) is 129 cm³/mol. The minimum absolute atomic E-state index is 0. The second-order valence-corrected chi connectivity index (χ2v) is 6.76. The Morgan fingerprint density at radius 1 is 1.21 bits per heavy atom. The lowest BCUT2D eigenvalue weighted by atomic mass is 10.1. The van der Waals surface area contributed by atoms with Crippen LogP contribution in [0.25, 0.3) is 0 Å². The van der Waals surface area contributed by atoms with E-state index in [4.69, 9.17) is 9.73 Å². The number of hydrogen-bond acceptors (Lipinski definition) is 4. The topological polar surface area (TPSA) is 76.4 Å². The first kappa shape index (κ1) is 25.4. The fourth-order valence-electron chi connectivity index (χ4n) is 2.92. The van der Waals surface area contributed by atoms with Gasteiger partial charge >= 0.3 is 0 Å². The molecule has 1 aromatic heterocycles. The van der Waals surface area contributed by atoms with Crippen molar-refractivity contribution < 1.29 is 4.74 Å². The minimum atomic E-state index is 0. The van der Waals surface area contributed by atoms with Crippen LogP contribution in [0.4, 0.5) is 0 Å². The summed E-state index contributed by atoms with van der Waals surface area (Å²) in [5.74, 6) is 1.81. The van der Waals surface area contributed by atoms with E-state index in [1.54, 1.807) is 13.4 Å². The summed E-state index contributed by atoms with van der Waals surface area (Å²) >= 11 is 0. The van der Waals surface area contributed by atoms with Crippen LogP contribution < -0.4 is 10.6 Å². The van der Waals surface area contributed by atoms with Crippen LogP contribution in [0.5, 0.6) is 0 Å². The van der Waals surface area contributed by atoms with Gasteiger partial charge in [0, 0.05) is 39.8 Å². The van der Waals surface area contributed by atoms with E-state index in [1.165, 1.54) is 11.1 Å². The lowest BCUT2D eigenvalue weighted by Gasteiger charge is -2.19. The van der Waals surface area contributed by atoms with Crippen LogP contribution in [0.3, 0.4) is 0 Å². The summed E-state index contributed by atoms with van der Waals surface area (Å²) in [6.45, 7) is 9.40. The number of nitrogens with zero attached hydrogens (tertiary/aromatic N) is 4. The Balaban J connectivity index is 0.00000420. The van der Waals surface area contributed by atoms with Crippen LogP contribution >= 0.6 is 24.0 Å². The Hall–Kier alpha value is -1.68. The van der Waals surface area contributed by atoms with Crippen molar-refractivity contribution >= 4 is 29.9 Å². The van der Waals surface area contributed by atoms with E-state index in [9.17, 15) is 0 Å². The average molecular weight is 514 g/mol. The van der Waals surface area contributed by atoms with E-state index in [-0.39, 0.29) is 30.0 Å². The molecule has 0 fully saturated rings. The van der Waals surface area contributed by atoms with E-state index in [1.807, 2.05) is 0 Å². The van der Waals surface area contributed by atoms with Crippen LogP contribution in [0.1, 0.15) is 50.2 Å². The van der Waals surface area contributed by atoms with E-state index in [2.05, 4.69) is 70.4 Å². The molecule has 0 aliphatic carbocycles. The first-order chi connectivity index (χ1) is 13.7. The quantitative estimate of drug-likeness (QED) is 0.208. The molecule has 162 valence electrons. The van der Waals surface area contributed by atoms with Crippen molar-refractivity contribution in [1.82, 2.24) is 25.4 Å². The Kier molecular flexibility index (Phi) is 12.5. The summed E-state index contributed by atoms with van der Waals surface area (Å²) in [4.78, 5) is 4.70. The van der Waals surface area contributed by atoms with Gasteiger partial charge in [-0.2, -0.15) is 0 Å². The highest BCUT2D eigenvalue weighted by molar-refractivity contribution is 14.0. The van der Waals surface area contributed by atoms with Crippen molar-refractivity contribution in [2.45, 2.75) is 52.6 Å². The number of nitrogens with one attached hydrogen (secondary N) is 2. The standard InChI is InChI=1S/C21H34N6O.HI/c1-5-18-8-10-19(11-9-18)17(3)25-21(22-12-7-15-28-4)23-13-14-27-16-24-26-20(27)6-2;/h8-11,16-17H,5-7,12-15H2,1-4H3,(H2,22,23,25);1H. The molecule has 2 N–H and O–H groups in total. The number of methoxy groups -OCH3 is 1. The van der Waals surface area contributed by atoms with Crippen molar-refractivity contribution in [3.63, 3.8) is 0 Å². The molecule has 0 radical (unpaired) electrons. The summed E-state index contributed by atoms with van der Waals surface area (Å²) < 4.78 is 7.20. The van der Waals surface area contributed by atoms with Crippen LogP contribution in [-0.4, -0.2) is 47.5 Å². The van der Waals surface area contributed by atoms with Gasteiger partial charge in [0.2, 0.25) is 0 Å². The molecule has 2 aromatic rings. The van der Waals surface area contributed by atoms with Gasteiger partial charge in [0.05, 0.1) is 6.04 Å². The molecule has 0 amide bonds. The van der Waals surface area contributed by atoms with Gasteiger partial charge in [0.25, 0.3) is 0 Å². The van der Waals surface area contributed by atoms with Crippen LogP contribution in [0.2, 0.25) is 0 Å². The summed E-state index contributed by atoms with van der Waals surface area (Å²) in [7, 11) is 1.72. The van der Waals surface area contributed by atoms with Gasteiger partial charge in [-0.1, -0.05) is 38.1 Å². The van der Waals surface area contributed by atoms with Crippen molar-refractivity contribution in [1.29, 1.82) is 0 Å². The Bertz CT molecular complexity index is 716. The monoisotopic (exact) mass is 514 g/mol. The van der Waals surface area contributed by atoms with Gasteiger partial charge in [-0.05, 0) is 30.9 Å². The second-order valence-electron chi connectivity index (χ2n) is 6.76. The van der Waals surface area contributed by atoms with Gasteiger partial charge in [0.1, 0.15) is 12.2 Å². The molecule has 2 rings (SSSR count). The normalized spacial score (nSPS) is 12.3. The third-order valence-corrected chi connectivity index (χ3v) is 4.67. The molecule has 1 atom stereocenters. The largest absolute Gasteiger partial charge is 0.385 e. The van der Waals surface area contributed by atoms with Gasteiger partial charge in [-0.3, -0.25) is 4.99 Å². The maximum atomic E-state index is 5.12. The van der Waals surface area contributed by atoms with Gasteiger partial charge in [-0.15, -0.1) is 34.2 Å². The van der Waals surface area contributed by atoms with Crippen LogP contribution in [-0.2, 0) is 24.1 Å². The molecule has 0 spiro atoms.